The van der Waals surface area contributed by atoms with Crippen molar-refractivity contribution in [2.45, 2.75) is 6.42 Å². The van der Waals surface area contributed by atoms with Crippen molar-refractivity contribution in [3.05, 3.63) is 35.9 Å². The molecule has 0 bridgehead atoms. The summed E-state index contributed by atoms with van der Waals surface area (Å²) in [6.07, 6.45) is 1.04. The molecule has 0 unspecified atom stereocenters. The van der Waals surface area contributed by atoms with Crippen LogP contribution in [-0.4, -0.2) is 37.0 Å². The van der Waals surface area contributed by atoms with Crippen molar-refractivity contribution < 1.29 is 4.79 Å². The lowest BCUT2D eigenvalue weighted by atomic mass is 10.2. The molecule has 88 valence electrons. The highest BCUT2D eigenvalue weighted by atomic mass is 35.5. The van der Waals surface area contributed by atoms with Crippen molar-refractivity contribution in [1.82, 2.24) is 10.2 Å². The van der Waals surface area contributed by atoms with E-state index in [2.05, 4.69) is 5.32 Å². The van der Waals surface area contributed by atoms with Gasteiger partial charge < -0.3 is 10.2 Å². The first-order valence-corrected chi connectivity index (χ1v) is 5.43. The van der Waals surface area contributed by atoms with Crippen LogP contribution < -0.4 is 5.32 Å². The summed E-state index contributed by atoms with van der Waals surface area (Å²) in [6, 6.07) is 9.49. The Hall–Kier alpha value is -1.06. The van der Waals surface area contributed by atoms with E-state index in [1.165, 1.54) is 0 Å². The molecule has 16 heavy (non-hydrogen) atoms. The van der Waals surface area contributed by atoms with Crippen LogP contribution in [0.15, 0.2) is 30.3 Å². The summed E-state index contributed by atoms with van der Waals surface area (Å²) in [5, 5.41) is 3.29. The van der Waals surface area contributed by atoms with E-state index in [-0.39, 0.29) is 18.3 Å². The molecule has 1 amide bonds. The molecule has 0 radical (unpaired) electrons. The second kappa shape index (κ2) is 6.51. The first-order valence-electron chi connectivity index (χ1n) is 5.43. The van der Waals surface area contributed by atoms with Gasteiger partial charge in [0.05, 0.1) is 0 Å². The average molecular weight is 241 g/mol. The van der Waals surface area contributed by atoms with E-state index in [1.807, 2.05) is 35.2 Å². The zero-order valence-electron chi connectivity index (χ0n) is 9.19. The maximum absolute atomic E-state index is 12.1. The van der Waals surface area contributed by atoms with Gasteiger partial charge in [0.1, 0.15) is 0 Å². The fourth-order valence-electron chi connectivity index (χ4n) is 1.81. The third-order valence-electron chi connectivity index (χ3n) is 2.65. The van der Waals surface area contributed by atoms with Gasteiger partial charge in [-0.2, -0.15) is 0 Å². The van der Waals surface area contributed by atoms with E-state index >= 15 is 0 Å². The molecule has 0 aliphatic carbocycles. The summed E-state index contributed by atoms with van der Waals surface area (Å²) in [6.45, 7) is 3.59. The number of hydrogen-bond acceptors (Lipinski definition) is 2. The lowest BCUT2D eigenvalue weighted by Crippen LogP contribution is -2.34. The SMILES string of the molecule is Cl.O=C(c1ccccc1)N1CCCNCC1. The van der Waals surface area contributed by atoms with Gasteiger partial charge in [-0.1, -0.05) is 18.2 Å². The Morgan fingerprint density at radius 2 is 1.88 bits per heavy atom. The van der Waals surface area contributed by atoms with Crippen LogP contribution in [0.3, 0.4) is 0 Å². The third kappa shape index (κ3) is 3.22. The molecule has 0 spiro atoms. The summed E-state index contributed by atoms with van der Waals surface area (Å²) in [7, 11) is 0. The van der Waals surface area contributed by atoms with Crippen LogP contribution >= 0.6 is 12.4 Å². The van der Waals surface area contributed by atoms with Crippen LogP contribution in [0, 0.1) is 0 Å². The van der Waals surface area contributed by atoms with Crippen molar-refractivity contribution in [2.24, 2.45) is 0 Å². The maximum atomic E-state index is 12.1. The average Bonchev–Trinajstić information content (AvgIpc) is 2.58. The molecule has 1 aliphatic rings. The minimum Gasteiger partial charge on any atom is -0.337 e. The van der Waals surface area contributed by atoms with Crippen molar-refractivity contribution >= 4 is 18.3 Å². The van der Waals surface area contributed by atoms with Crippen molar-refractivity contribution in [2.75, 3.05) is 26.2 Å². The van der Waals surface area contributed by atoms with Crippen LogP contribution in [0.4, 0.5) is 0 Å². The van der Waals surface area contributed by atoms with Gasteiger partial charge in [0, 0.05) is 25.2 Å². The molecule has 3 nitrogen and oxygen atoms in total. The summed E-state index contributed by atoms with van der Waals surface area (Å²) in [5.74, 6) is 0.152. The van der Waals surface area contributed by atoms with Crippen LogP contribution in [0.2, 0.25) is 0 Å². The molecule has 2 rings (SSSR count). The topological polar surface area (TPSA) is 32.3 Å². The number of nitrogens with zero attached hydrogens (tertiary/aromatic N) is 1. The van der Waals surface area contributed by atoms with E-state index in [4.69, 9.17) is 0 Å². The molecule has 0 saturated carbocycles. The molecule has 1 fully saturated rings. The molecule has 1 saturated heterocycles. The minimum atomic E-state index is 0. The van der Waals surface area contributed by atoms with Gasteiger partial charge in [-0.3, -0.25) is 4.79 Å². The monoisotopic (exact) mass is 240 g/mol. The van der Waals surface area contributed by atoms with Crippen LogP contribution in [-0.2, 0) is 0 Å². The van der Waals surface area contributed by atoms with Crippen molar-refractivity contribution in [3.63, 3.8) is 0 Å². The largest absolute Gasteiger partial charge is 0.337 e. The highest BCUT2D eigenvalue weighted by Crippen LogP contribution is 2.06. The smallest absolute Gasteiger partial charge is 0.253 e. The zero-order chi connectivity index (χ0) is 10.5. The number of nitrogens with one attached hydrogen (secondary N) is 1. The van der Waals surface area contributed by atoms with E-state index < -0.39 is 0 Å². The van der Waals surface area contributed by atoms with Gasteiger partial charge in [0.25, 0.3) is 5.91 Å². The van der Waals surface area contributed by atoms with E-state index in [1.54, 1.807) is 0 Å². The standard InChI is InChI=1S/C12H16N2O.ClH/c15-12(11-5-2-1-3-6-11)14-9-4-7-13-8-10-14;/h1-3,5-6,13H,4,7-10H2;1H. The lowest BCUT2D eigenvalue weighted by Gasteiger charge is -2.19. The predicted molar refractivity (Wildman–Crippen MR) is 67.1 cm³/mol. The molecular weight excluding hydrogens is 224 g/mol. The Bertz CT molecular complexity index is 321. The van der Waals surface area contributed by atoms with Crippen LogP contribution in [0.25, 0.3) is 0 Å². The summed E-state index contributed by atoms with van der Waals surface area (Å²) in [4.78, 5) is 14.0. The first-order chi connectivity index (χ1) is 7.38. The quantitative estimate of drug-likeness (QED) is 0.808. The van der Waals surface area contributed by atoms with Crippen molar-refractivity contribution in [1.29, 1.82) is 0 Å². The summed E-state index contributed by atoms with van der Waals surface area (Å²) >= 11 is 0. The summed E-state index contributed by atoms with van der Waals surface area (Å²) in [5.41, 5.74) is 0.791. The second-order valence-corrected chi connectivity index (χ2v) is 3.76. The Morgan fingerprint density at radius 3 is 2.62 bits per heavy atom. The molecule has 1 heterocycles. The van der Waals surface area contributed by atoms with Crippen molar-refractivity contribution in [3.8, 4) is 0 Å². The van der Waals surface area contributed by atoms with Gasteiger partial charge in [0.15, 0.2) is 0 Å². The first kappa shape index (κ1) is 13.0. The zero-order valence-corrected chi connectivity index (χ0v) is 10.0. The fourth-order valence-corrected chi connectivity index (χ4v) is 1.81. The normalized spacial score (nSPS) is 16.1. The lowest BCUT2D eigenvalue weighted by molar-refractivity contribution is 0.0766. The molecule has 1 aliphatic heterocycles. The molecule has 1 aromatic rings. The van der Waals surface area contributed by atoms with Gasteiger partial charge >= 0.3 is 0 Å². The van der Waals surface area contributed by atoms with Gasteiger partial charge in [-0.25, -0.2) is 0 Å². The van der Waals surface area contributed by atoms with Crippen LogP contribution in [0.1, 0.15) is 16.8 Å². The Labute approximate surface area is 102 Å². The number of halogens is 1. The molecule has 0 aromatic heterocycles. The number of rotatable bonds is 1. The highest BCUT2D eigenvalue weighted by Gasteiger charge is 2.16. The maximum Gasteiger partial charge on any atom is 0.253 e. The minimum absolute atomic E-state index is 0. The molecule has 1 aromatic carbocycles. The number of carbonyl (C=O) groups excluding carboxylic acids is 1. The molecule has 0 atom stereocenters. The van der Waals surface area contributed by atoms with Gasteiger partial charge in [-0.05, 0) is 25.1 Å². The summed E-state index contributed by atoms with van der Waals surface area (Å²) < 4.78 is 0. The Balaban J connectivity index is 0.00000128. The molecule has 4 heteroatoms. The second-order valence-electron chi connectivity index (χ2n) is 3.76. The number of benzene rings is 1. The third-order valence-corrected chi connectivity index (χ3v) is 2.65. The van der Waals surface area contributed by atoms with E-state index in [0.717, 1.165) is 38.2 Å². The Kier molecular flexibility index (Phi) is 5.29. The van der Waals surface area contributed by atoms with Crippen LogP contribution in [0.5, 0.6) is 0 Å². The van der Waals surface area contributed by atoms with Gasteiger partial charge in [0.2, 0.25) is 0 Å². The fraction of sp³-hybridized carbons (Fsp3) is 0.417. The van der Waals surface area contributed by atoms with E-state index in [0.29, 0.717) is 0 Å². The number of hydrogen-bond donors (Lipinski definition) is 1. The van der Waals surface area contributed by atoms with Gasteiger partial charge in [-0.15, -0.1) is 12.4 Å². The van der Waals surface area contributed by atoms with E-state index in [9.17, 15) is 4.79 Å². The predicted octanol–water partition coefficient (Wildman–Crippen LogP) is 1.54. The molecule has 1 N–H and O–H groups in total. The highest BCUT2D eigenvalue weighted by molar-refractivity contribution is 5.94. The number of amides is 1. The Morgan fingerprint density at radius 1 is 1.12 bits per heavy atom. The number of carbonyl (C=O) groups is 1. The molecular formula is C12H17ClN2O.